The summed E-state index contributed by atoms with van der Waals surface area (Å²) in [5.41, 5.74) is 2.65. The number of fused-ring (bicyclic) bond motifs is 2. The van der Waals surface area contributed by atoms with Gasteiger partial charge in [0.25, 0.3) is 5.56 Å². The average molecular weight is 487 g/mol. The first-order chi connectivity index (χ1) is 16.0. The lowest BCUT2D eigenvalue weighted by Gasteiger charge is -2.36. The van der Waals surface area contributed by atoms with Crippen molar-refractivity contribution in [2.24, 2.45) is 0 Å². The van der Waals surface area contributed by atoms with Crippen molar-refractivity contribution in [1.29, 1.82) is 0 Å². The van der Waals surface area contributed by atoms with Gasteiger partial charge in [0.05, 0.1) is 24.1 Å². The summed E-state index contributed by atoms with van der Waals surface area (Å²) in [5, 5.41) is 4.44. The van der Waals surface area contributed by atoms with E-state index in [0.717, 1.165) is 48.7 Å². The molecule has 0 saturated carbocycles. The summed E-state index contributed by atoms with van der Waals surface area (Å²) in [6.45, 7) is 4.47. The van der Waals surface area contributed by atoms with E-state index in [1.807, 2.05) is 36.2 Å². The van der Waals surface area contributed by atoms with E-state index in [0.29, 0.717) is 34.7 Å². The Bertz CT molecular complexity index is 1220. The second kappa shape index (κ2) is 9.32. The fraction of sp³-hybridized carbons (Fsp3) is 0.455. The summed E-state index contributed by atoms with van der Waals surface area (Å²) in [6.07, 6.45) is 0.777. The van der Waals surface area contributed by atoms with Crippen LogP contribution in [0, 0.1) is 0 Å². The summed E-state index contributed by atoms with van der Waals surface area (Å²) in [4.78, 5) is 37.2. The minimum absolute atomic E-state index is 0.0920. The van der Waals surface area contributed by atoms with Crippen molar-refractivity contribution in [3.8, 4) is 5.75 Å². The molecule has 0 bridgehead atoms. The van der Waals surface area contributed by atoms with Crippen LogP contribution in [0.3, 0.4) is 0 Å². The van der Waals surface area contributed by atoms with Crippen LogP contribution in [0.2, 0.25) is 0 Å². The third-order valence-electron chi connectivity index (χ3n) is 6.12. The van der Waals surface area contributed by atoms with E-state index in [2.05, 4.69) is 19.9 Å². The average Bonchev–Trinajstić information content (AvgIpc) is 3.26. The highest BCUT2D eigenvalue weighted by atomic mass is 32.2. The Labute approximate surface area is 200 Å². The largest absolute Gasteiger partial charge is 0.497 e. The van der Waals surface area contributed by atoms with E-state index < -0.39 is 0 Å². The van der Waals surface area contributed by atoms with Gasteiger partial charge in [0.2, 0.25) is 10.9 Å². The predicted molar refractivity (Wildman–Crippen MR) is 130 cm³/mol. The Hall–Kier alpha value is -2.63. The van der Waals surface area contributed by atoms with Gasteiger partial charge in [0.1, 0.15) is 5.75 Å². The zero-order chi connectivity index (χ0) is 22.9. The number of benzene rings is 1. The Morgan fingerprint density at radius 1 is 1.15 bits per heavy atom. The number of hydrogen-bond acceptors (Lipinski definition) is 9. The van der Waals surface area contributed by atoms with Gasteiger partial charge in [0, 0.05) is 51.4 Å². The molecule has 0 aliphatic carbocycles. The molecule has 33 heavy (non-hydrogen) atoms. The molecule has 9 nitrogen and oxygen atoms in total. The maximum atomic E-state index is 12.8. The Morgan fingerprint density at radius 2 is 1.91 bits per heavy atom. The first-order valence-electron chi connectivity index (χ1n) is 10.9. The molecule has 5 rings (SSSR count). The first kappa shape index (κ1) is 22.2. The molecule has 1 fully saturated rings. The fourth-order valence-corrected chi connectivity index (χ4v) is 6.04. The molecule has 0 unspecified atom stereocenters. The summed E-state index contributed by atoms with van der Waals surface area (Å²) in [5.74, 6) is 1.23. The molecule has 174 valence electrons. The van der Waals surface area contributed by atoms with Crippen LogP contribution in [0.5, 0.6) is 5.75 Å². The smallest absolute Gasteiger partial charge is 0.279 e. The lowest BCUT2D eigenvalue weighted by Crippen LogP contribution is -2.49. The van der Waals surface area contributed by atoms with Gasteiger partial charge in [-0.3, -0.25) is 9.59 Å². The van der Waals surface area contributed by atoms with Gasteiger partial charge in [0.15, 0.2) is 4.34 Å². The van der Waals surface area contributed by atoms with Crippen LogP contribution >= 0.6 is 23.1 Å². The molecule has 11 heteroatoms. The molecular formula is C22H26N6O3S2. The van der Waals surface area contributed by atoms with Gasteiger partial charge in [-0.2, -0.15) is 4.52 Å². The van der Waals surface area contributed by atoms with Crippen molar-refractivity contribution in [1.82, 2.24) is 24.4 Å². The number of carbonyl (C=O) groups excluding carboxylic acids is 1. The number of likely N-dealkylation sites (N-methyl/N-ethyl adjacent to an activating group) is 1. The molecule has 1 saturated heterocycles. The molecule has 3 aromatic rings. The Morgan fingerprint density at radius 3 is 2.64 bits per heavy atom. The van der Waals surface area contributed by atoms with Crippen LogP contribution in [0.4, 0.5) is 5.69 Å². The van der Waals surface area contributed by atoms with Gasteiger partial charge in [-0.1, -0.05) is 23.1 Å². The van der Waals surface area contributed by atoms with Gasteiger partial charge in [-0.05, 0) is 31.3 Å². The van der Waals surface area contributed by atoms with Crippen LogP contribution < -0.4 is 15.2 Å². The Kier molecular flexibility index (Phi) is 6.26. The van der Waals surface area contributed by atoms with E-state index in [9.17, 15) is 9.59 Å². The maximum Gasteiger partial charge on any atom is 0.279 e. The number of piperazine rings is 1. The molecule has 4 heterocycles. The SMILES string of the molecule is COc1ccc(N2CCN(C(=O)CSc3nn4c(=O)c5c(nc4s3)CCN(C)C5)CC2)cc1. The lowest BCUT2D eigenvalue weighted by atomic mass is 10.1. The van der Waals surface area contributed by atoms with Gasteiger partial charge in [-0.15, -0.1) is 5.10 Å². The van der Waals surface area contributed by atoms with E-state index in [4.69, 9.17) is 4.74 Å². The number of ether oxygens (including phenoxy) is 1. The number of rotatable bonds is 5. The quantitative estimate of drug-likeness (QED) is 0.503. The molecule has 2 aromatic heterocycles. The van der Waals surface area contributed by atoms with Crippen LogP contribution in [0.1, 0.15) is 11.3 Å². The van der Waals surface area contributed by atoms with Crippen molar-refractivity contribution in [2.45, 2.75) is 17.3 Å². The molecule has 0 radical (unpaired) electrons. The highest BCUT2D eigenvalue weighted by Gasteiger charge is 2.24. The number of nitrogens with zero attached hydrogens (tertiary/aromatic N) is 6. The van der Waals surface area contributed by atoms with Crippen molar-refractivity contribution in [3.63, 3.8) is 0 Å². The van der Waals surface area contributed by atoms with Crippen molar-refractivity contribution < 1.29 is 9.53 Å². The minimum atomic E-state index is -0.0920. The number of thioether (sulfide) groups is 1. The monoisotopic (exact) mass is 486 g/mol. The maximum absolute atomic E-state index is 12.8. The van der Waals surface area contributed by atoms with E-state index in [1.165, 1.54) is 27.6 Å². The molecule has 0 N–H and O–H groups in total. The topological polar surface area (TPSA) is 83.3 Å². The van der Waals surface area contributed by atoms with Crippen molar-refractivity contribution >= 4 is 39.7 Å². The van der Waals surface area contributed by atoms with Crippen LogP contribution in [-0.2, 0) is 17.8 Å². The third-order valence-corrected chi connectivity index (χ3v) is 8.14. The molecule has 1 amide bonds. The number of amides is 1. The number of carbonyl (C=O) groups is 1. The molecular weight excluding hydrogens is 460 g/mol. The highest BCUT2D eigenvalue weighted by molar-refractivity contribution is 8.01. The molecule has 2 aliphatic rings. The molecule has 0 atom stereocenters. The van der Waals surface area contributed by atoms with Crippen LogP contribution in [-0.4, -0.2) is 82.9 Å². The predicted octanol–water partition coefficient (Wildman–Crippen LogP) is 1.59. The van der Waals surface area contributed by atoms with Gasteiger partial charge in [-0.25, -0.2) is 4.98 Å². The van der Waals surface area contributed by atoms with E-state index in [1.54, 1.807) is 7.11 Å². The minimum Gasteiger partial charge on any atom is -0.497 e. The zero-order valence-electron chi connectivity index (χ0n) is 18.7. The summed E-state index contributed by atoms with van der Waals surface area (Å²) < 4.78 is 7.31. The second-order valence-electron chi connectivity index (χ2n) is 8.25. The highest BCUT2D eigenvalue weighted by Crippen LogP contribution is 2.26. The molecule has 2 aliphatic heterocycles. The summed E-state index contributed by atoms with van der Waals surface area (Å²) in [6, 6.07) is 8.00. The van der Waals surface area contributed by atoms with Crippen LogP contribution in [0.25, 0.3) is 4.96 Å². The molecule has 0 spiro atoms. The number of anilines is 1. The number of hydrogen-bond donors (Lipinski definition) is 0. The summed E-state index contributed by atoms with van der Waals surface area (Å²) >= 11 is 2.75. The van der Waals surface area contributed by atoms with Crippen molar-refractivity contribution in [3.05, 3.63) is 45.9 Å². The normalized spacial score (nSPS) is 16.8. The van der Waals surface area contributed by atoms with Crippen molar-refractivity contribution in [2.75, 3.05) is 57.5 Å². The van der Waals surface area contributed by atoms with Gasteiger partial charge < -0.3 is 19.4 Å². The molecule has 1 aromatic carbocycles. The summed E-state index contributed by atoms with van der Waals surface area (Å²) in [7, 11) is 3.66. The standard InChI is InChI=1S/C22H26N6O3S2/c1-25-8-7-18-17(13-25)20(30)28-21(23-18)33-22(24-28)32-14-19(29)27-11-9-26(10-12-27)15-3-5-16(31-2)6-4-15/h3-6H,7-14H2,1-2H3. The van der Waals surface area contributed by atoms with Gasteiger partial charge >= 0.3 is 0 Å². The fourth-order valence-electron chi connectivity index (χ4n) is 4.19. The zero-order valence-corrected chi connectivity index (χ0v) is 20.3. The second-order valence-corrected chi connectivity index (χ2v) is 10.4. The number of methoxy groups -OCH3 is 1. The van der Waals surface area contributed by atoms with Crippen LogP contribution in [0.15, 0.2) is 33.4 Å². The van der Waals surface area contributed by atoms with E-state index in [-0.39, 0.29) is 11.5 Å². The Balaban J connectivity index is 1.19. The van der Waals surface area contributed by atoms with E-state index >= 15 is 0 Å². The lowest BCUT2D eigenvalue weighted by molar-refractivity contribution is -0.128. The number of aromatic nitrogens is 3. The third kappa shape index (κ3) is 4.57. The first-order valence-corrected chi connectivity index (χ1v) is 12.7.